The Labute approximate surface area is 174 Å². The van der Waals surface area contributed by atoms with Crippen molar-refractivity contribution < 1.29 is 27.5 Å². The van der Waals surface area contributed by atoms with Gasteiger partial charge in [-0.05, 0) is 36.8 Å². The first-order valence-electron chi connectivity index (χ1n) is 9.16. The largest absolute Gasteiger partial charge is 0.490 e. The first kappa shape index (κ1) is 22.1. The number of carboxylic acids is 1. The highest BCUT2D eigenvalue weighted by atomic mass is 19.4. The summed E-state index contributed by atoms with van der Waals surface area (Å²) in [6, 6.07) is 8.27. The van der Waals surface area contributed by atoms with Gasteiger partial charge in [0, 0.05) is 48.7 Å². The first-order valence-corrected chi connectivity index (χ1v) is 9.16. The molecule has 1 N–H and O–H groups in total. The summed E-state index contributed by atoms with van der Waals surface area (Å²) in [6.45, 7) is 1.62. The second-order valence-electron chi connectivity index (χ2n) is 6.49. The average molecular weight is 435 g/mol. The summed E-state index contributed by atoms with van der Waals surface area (Å²) >= 11 is 0. The van der Waals surface area contributed by atoms with Crippen molar-refractivity contribution in [3.05, 3.63) is 66.1 Å². The van der Waals surface area contributed by atoms with Crippen LogP contribution in [0.4, 0.5) is 23.5 Å². The molecule has 0 amide bonds. The van der Waals surface area contributed by atoms with Crippen LogP contribution in [0.1, 0.15) is 11.3 Å². The smallest absolute Gasteiger partial charge is 0.475 e. The molecule has 0 fully saturated rings. The summed E-state index contributed by atoms with van der Waals surface area (Å²) in [6.07, 6.45) is 1.63. The topological polar surface area (TPSA) is 92.1 Å². The van der Waals surface area contributed by atoms with Crippen molar-refractivity contribution in [2.24, 2.45) is 0 Å². The van der Waals surface area contributed by atoms with E-state index in [1.165, 1.54) is 12.1 Å². The van der Waals surface area contributed by atoms with E-state index in [1.54, 1.807) is 30.9 Å². The first-order chi connectivity index (χ1) is 14.8. The molecule has 1 aromatic carbocycles. The molecule has 0 radical (unpaired) electrons. The molecule has 0 bridgehead atoms. The molecular formula is C20H17F4N5O2. The fourth-order valence-corrected chi connectivity index (χ4v) is 3.04. The second-order valence-corrected chi connectivity index (χ2v) is 6.49. The summed E-state index contributed by atoms with van der Waals surface area (Å²) in [5, 5.41) is 7.12. The third-order valence-corrected chi connectivity index (χ3v) is 4.48. The van der Waals surface area contributed by atoms with E-state index in [0.717, 1.165) is 54.4 Å². The third-order valence-electron chi connectivity index (χ3n) is 4.48. The number of benzene rings is 1. The van der Waals surface area contributed by atoms with Gasteiger partial charge in [-0.15, -0.1) is 0 Å². The minimum atomic E-state index is -5.08. The summed E-state index contributed by atoms with van der Waals surface area (Å²) in [7, 11) is 0. The maximum Gasteiger partial charge on any atom is 0.490 e. The van der Waals surface area contributed by atoms with E-state index in [2.05, 4.69) is 24.8 Å². The SMILES string of the molecule is Fc1ccc(-c2ncnc3c2CCN(c2ncccn2)CC3)cc1.O=C(O)C(F)(F)F. The zero-order valence-electron chi connectivity index (χ0n) is 16.1. The minimum Gasteiger partial charge on any atom is -0.475 e. The molecule has 7 nitrogen and oxygen atoms in total. The van der Waals surface area contributed by atoms with Crippen LogP contribution in [-0.2, 0) is 17.6 Å². The molecule has 1 aliphatic rings. The molecule has 2 aromatic heterocycles. The zero-order valence-corrected chi connectivity index (χ0v) is 16.1. The number of aromatic nitrogens is 4. The van der Waals surface area contributed by atoms with E-state index in [1.807, 2.05) is 6.07 Å². The van der Waals surface area contributed by atoms with Crippen LogP contribution in [0.25, 0.3) is 11.3 Å². The summed E-state index contributed by atoms with van der Waals surface area (Å²) in [4.78, 5) is 28.6. The molecule has 1 aliphatic heterocycles. The van der Waals surface area contributed by atoms with Crippen LogP contribution in [0.2, 0.25) is 0 Å². The number of nitrogens with zero attached hydrogens (tertiary/aromatic N) is 5. The fourth-order valence-electron chi connectivity index (χ4n) is 3.04. The molecule has 31 heavy (non-hydrogen) atoms. The Bertz CT molecular complexity index is 1030. The van der Waals surface area contributed by atoms with Crippen molar-refractivity contribution >= 4 is 11.9 Å². The number of aliphatic carboxylic acids is 1. The lowest BCUT2D eigenvalue weighted by Gasteiger charge is -2.19. The Morgan fingerprint density at radius 3 is 2.19 bits per heavy atom. The molecule has 0 saturated carbocycles. The lowest BCUT2D eigenvalue weighted by atomic mass is 10.0. The normalized spacial score (nSPS) is 13.5. The predicted octanol–water partition coefficient (Wildman–Crippen LogP) is 3.31. The molecule has 0 saturated heterocycles. The molecule has 0 unspecified atom stereocenters. The van der Waals surface area contributed by atoms with Crippen molar-refractivity contribution in [3.8, 4) is 11.3 Å². The molecule has 0 spiro atoms. The van der Waals surface area contributed by atoms with Gasteiger partial charge in [-0.2, -0.15) is 13.2 Å². The number of rotatable bonds is 2. The molecule has 4 rings (SSSR count). The van der Waals surface area contributed by atoms with E-state index in [-0.39, 0.29) is 5.82 Å². The van der Waals surface area contributed by atoms with Crippen LogP contribution in [0.5, 0.6) is 0 Å². The Hall–Kier alpha value is -3.63. The quantitative estimate of drug-likeness (QED) is 0.618. The van der Waals surface area contributed by atoms with Crippen molar-refractivity contribution in [1.82, 2.24) is 19.9 Å². The number of carboxylic acid groups (broad SMARTS) is 1. The monoisotopic (exact) mass is 435 g/mol. The molecule has 11 heteroatoms. The maximum atomic E-state index is 13.2. The van der Waals surface area contributed by atoms with Gasteiger partial charge in [-0.1, -0.05) is 0 Å². The third kappa shape index (κ3) is 5.71. The number of fused-ring (bicyclic) bond motifs is 1. The minimum absolute atomic E-state index is 0.244. The number of carbonyl (C=O) groups is 1. The van der Waals surface area contributed by atoms with Gasteiger partial charge in [0.25, 0.3) is 0 Å². The van der Waals surface area contributed by atoms with Gasteiger partial charge >= 0.3 is 12.1 Å². The van der Waals surface area contributed by atoms with Gasteiger partial charge in [-0.25, -0.2) is 29.1 Å². The highest BCUT2D eigenvalue weighted by Gasteiger charge is 2.38. The summed E-state index contributed by atoms with van der Waals surface area (Å²) < 4.78 is 44.9. The average Bonchev–Trinajstić information content (AvgIpc) is 2.97. The molecular weight excluding hydrogens is 418 g/mol. The Kier molecular flexibility index (Phi) is 6.73. The number of hydrogen-bond acceptors (Lipinski definition) is 6. The van der Waals surface area contributed by atoms with Crippen molar-refractivity contribution in [2.75, 3.05) is 18.0 Å². The van der Waals surface area contributed by atoms with Gasteiger partial charge in [-0.3, -0.25) is 0 Å². The number of halogens is 4. The van der Waals surface area contributed by atoms with Gasteiger partial charge in [0.15, 0.2) is 0 Å². The standard InChI is InChI=1S/C18H16FN5.C2HF3O2/c19-14-4-2-13(3-5-14)17-15-6-10-24(18-20-8-1-9-21-18)11-7-16(15)22-12-23-17;3-2(4,5)1(6)7/h1-5,8-9,12H,6-7,10-11H2;(H,6,7). The molecule has 0 atom stereocenters. The second kappa shape index (κ2) is 9.45. The van der Waals surface area contributed by atoms with Crippen LogP contribution < -0.4 is 4.90 Å². The van der Waals surface area contributed by atoms with E-state index >= 15 is 0 Å². The molecule has 3 aromatic rings. The molecule has 0 aliphatic carbocycles. The predicted molar refractivity (Wildman–Crippen MR) is 103 cm³/mol. The van der Waals surface area contributed by atoms with E-state index < -0.39 is 12.1 Å². The lowest BCUT2D eigenvalue weighted by molar-refractivity contribution is -0.192. The Morgan fingerprint density at radius 1 is 0.968 bits per heavy atom. The number of anilines is 1. The van der Waals surface area contributed by atoms with Crippen molar-refractivity contribution in [2.45, 2.75) is 19.0 Å². The van der Waals surface area contributed by atoms with Crippen molar-refractivity contribution in [1.29, 1.82) is 0 Å². The number of hydrogen-bond donors (Lipinski definition) is 1. The van der Waals surface area contributed by atoms with Gasteiger partial charge < -0.3 is 10.0 Å². The Balaban J connectivity index is 0.000000339. The van der Waals surface area contributed by atoms with Crippen LogP contribution in [0.3, 0.4) is 0 Å². The zero-order chi connectivity index (χ0) is 22.4. The van der Waals surface area contributed by atoms with Gasteiger partial charge in [0.05, 0.1) is 5.69 Å². The maximum absolute atomic E-state index is 13.2. The van der Waals surface area contributed by atoms with Gasteiger partial charge in [0.2, 0.25) is 5.95 Å². The van der Waals surface area contributed by atoms with Crippen LogP contribution in [0, 0.1) is 5.82 Å². The van der Waals surface area contributed by atoms with Crippen molar-refractivity contribution in [3.63, 3.8) is 0 Å². The summed E-state index contributed by atoms with van der Waals surface area (Å²) in [5.74, 6) is -2.26. The number of alkyl halides is 3. The van der Waals surface area contributed by atoms with E-state index in [0.29, 0.717) is 0 Å². The lowest BCUT2D eigenvalue weighted by Crippen LogP contribution is -2.27. The summed E-state index contributed by atoms with van der Waals surface area (Å²) in [5.41, 5.74) is 3.97. The van der Waals surface area contributed by atoms with Crippen LogP contribution >= 0.6 is 0 Å². The van der Waals surface area contributed by atoms with Crippen LogP contribution in [-0.4, -0.2) is 50.3 Å². The van der Waals surface area contributed by atoms with E-state index in [4.69, 9.17) is 9.90 Å². The highest BCUT2D eigenvalue weighted by Crippen LogP contribution is 2.26. The highest BCUT2D eigenvalue weighted by molar-refractivity contribution is 5.73. The van der Waals surface area contributed by atoms with Gasteiger partial charge in [0.1, 0.15) is 12.1 Å². The fraction of sp³-hybridized carbons (Fsp3) is 0.250. The molecule has 3 heterocycles. The van der Waals surface area contributed by atoms with E-state index in [9.17, 15) is 17.6 Å². The van der Waals surface area contributed by atoms with Crippen LogP contribution in [0.15, 0.2) is 49.1 Å². The Morgan fingerprint density at radius 2 is 1.58 bits per heavy atom. The molecule has 162 valence electrons.